The standard InChI is InChI=1S/C30H40N4O3/c1-21-22(2)28(36-15-7-6-14-33(4)5)13-12-27(21)23(3)34-18-24(19-34)16-32-30(35)26-10-8-25(9-11-26)29-17-31-20-37-29/h8-13,17,20,23-24H,6-7,14-16,18-19H2,1-5H3,(H,32,35). The maximum Gasteiger partial charge on any atom is 0.251 e. The molecule has 1 amide bonds. The van der Waals surface area contributed by atoms with E-state index in [2.05, 4.69) is 67.1 Å². The third-order valence-electron chi connectivity index (χ3n) is 7.44. The fourth-order valence-electron chi connectivity index (χ4n) is 4.87. The smallest absolute Gasteiger partial charge is 0.251 e. The first kappa shape index (κ1) is 26.9. The predicted molar refractivity (Wildman–Crippen MR) is 147 cm³/mol. The molecule has 4 rings (SSSR count). The quantitative estimate of drug-likeness (QED) is 0.346. The second-order valence-corrected chi connectivity index (χ2v) is 10.4. The number of carbonyl (C=O) groups is 1. The zero-order chi connectivity index (χ0) is 26.4. The number of carbonyl (C=O) groups excluding carboxylic acids is 1. The van der Waals surface area contributed by atoms with Gasteiger partial charge in [-0.15, -0.1) is 0 Å². The molecular formula is C30H40N4O3. The summed E-state index contributed by atoms with van der Waals surface area (Å²) in [7, 11) is 4.21. The summed E-state index contributed by atoms with van der Waals surface area (Å²) >= 11 is 0. The number of likely N-dealkylation sites (tertiary alicyclic amines) is 1. The van der Waals surface area contributed by atoms with E-state index in [4.69, 9.17) is 9.15 Å². The molecule has 7 heteroatoms. The molecule has 1 unspecified atom stereocenters. The molecule has 1 N–H and O–H groups in total. The number of ether oxygens (including phenoxy) is 1. The van der Waals surface area contributed by atoms with Crippen LogP contribution in [0.25, 0.3) is 11.3 Å². The highest BCUT2D eigenvalue weighted by molar-refractivity contribution is 5.94. The van der Waals surface area contributed by atoms with Gasteiger partial charge in [0.25, 0.3) is 5.91 Å². The second kappa shape index (κ2) is 12.4. The van der Waals surface area contributed by atoms with Crippen molar-refractivity contribution in [3.63, 3.8) is 0 Å². The van der Waals surface area contributed by atoms with Crippen molar-refractivity contribution < 1.29 is 13.9 Å². The minimum atomic E-state index is -0.0422. The van der Waals surface area contributed by atoms with Gasteiger partial charge in [0.15, 0.2) is 12.2 Å². The highest BCUT2D eigenvalue weighted by Gasteiger charge is 2.32. The average Bonchev–Trinajstić information content (AvgIpc) is 3.40. The fraction of sp³-hybridized carbons (Fsp3) is 0.467. The Kier molecular flexibility index (Phi) is 9.00. The summed E-state index contributed by atoms with van der Waals surface area (Å²) < 4.78 is 11.4. The summed E-state index contributed by atoms with van der Waals surface area (Å²) in [6.45, 7) is 11.1. The van der Waals surface area contributed by atoms with Crippen molar-refractivity contribution >= 4 is 5.91 Å². The van der Waals surface area contributed by atoms with Crippen molar-refractivity contribution in [1.29, 1.82) is 0 Å². The van der Waals surface area contributed by atoms with Crippen LogP contribution in [0, 0.1) is 19.8 Å². The van der Waals surface area contributed by atoms with E-state index in [1.807, 2.05) is 24.3 Å². The van der Waals surface area contributed by atoms with Gasteiger partial charge < -0.3 is 19.4 Å². The maximum atomic E-state index is 12.6. The zero-order valence-electron chi connectivity index (χ0n) is 22.8. The molecule has 3 aromatic rings. The molecule has 2 aromatic carbocycles. The molecule has 198 valence electrons. The number of nitrogens with one attached hydrogen (secondary N) is 1. The van der Waals surface area contributed by atoms with Crippen molar-refractivity contribution in [1.82, 2.24) is 20.1 Å². The third-order valence-corrected chi connectivity index (χ3v) is 7.44. The Labute approximate surface area is 220 Å². The van der Waals surface area contributed by atoms with E-state index in [-0.39, 0.29) is 5.91 Å². The van der Waals surface area contributed by atoms with Gasteiger partial charge in [-0.25, -0.2) is 4.98 Å². The van der Waals surface area contributed by atoms with Crippen molar-refractivity contribution in [2.45, 2.75) is 39.7 Å². The van der Waals surface area contributed by atoms with Crippen LogP contribution in [-0.4, -0.2) is 67.6 Å². The van der Waals surface area contributed by atoms with Crippen LogP contribution >= 0.6 is 0 Å². The molecule has 1 atom stereocenters. The Morgan fingerprint density at radius 3 is 2.57 bits per heavy atom. The molecule has 1 aromatic heterocycles. The molecule has 0 spiro atoms. The lowest BCUT2D eigenvalue weighted by atomic mass is 9.91. The number of rotatable bonds is 12. The number of hydrogen-bond donors (Lipinski definition) is 1. The summed E-state index contributed by atoms with van der Waals surface area (Å²) in [6.07, 6.45) is 5.28. The Hall–Kier alpha value is -3.16. The van der Waals surface area contributed by atoms with Gasteiger partial charge >= 0.3 is 0 Å². The topological polar surface area (TPSA) is 70.8 Å². The lowest BCUT2D eigenvalue weighted by Crippen LogP contribution is -2.52. The Morgan fingerprint density at radius 2 is 1.89 bits per heavy atom. The number of nitrogens with zero attached hydrogens (tertiary/aromatic N) is 3. The molecule has 0 aliphatic carbocycles. The monoisotopic (exact) mass is 504 g/mol. The molecule has 0 radical (unpaired) electrons. The molecule has 1 aliphatic rings. The number of benzene rings is 2. The van der Waals surface area contributed by atoms with Crippen LogP contribution in [0.4, 0.5) is 0 Å². The molecule has 1 fully saturated rings. The van der Waals surface area contributed by atoms with Gasteiger partial charge in [0, 0.05) is 42.7 Å². The van der Waals surface area contributed by atoms with Crippen molar-refractivity contribution in [2.75, 3.05) is 46.9 Å². The normalized spacial score (nSPS) is 15.0. The minimum Gasteiger partial charge on any atom is -0.493 e. The van der Waals surface area contributed by atoms with E-state index in [0.29, 0.717) is 29.8 Å². The molecular weight excluding hydrogens is 464 g/mol. The zero-order valence-corrected chi connectivity index (χ0v) is 22.8. The van der Waals surface area contributed by atoms with Crippen molar-refractivity contribution in [3.8, 4) is 17.1 Å². The van der Waals surface area contributed by atoms with E-state index >= 15 is 0 Å². The summed E-state index contributed by atoms with van der Waals surface area (Å²) in [6, 6.07) is 12.1. The van der Waals surface area contributed by atoms with E-state index in [0.717, 1.165) is 50.4 Å². The first-order valence-corrected chi connectivity index (χ1v) is 13.2. The Balaban J connectivity index is 1.22. The molecule has 2 heterocycles. The highest BCUT2D eigenvalue weighted by Crippen LogP contribution is 2.34. The van der Waals surface area contributed by atoms with Gasteiger partial charge in [-0.2, -0.15) is 0 Å². The molecule has 1 saturated heterocycles. The average molecular weight is 505 g/mol. The fourth-order valence-corrected chi connectivity index (χ4v) is 4.87. The summed E-state index contributed by atoms with van der Waals surface area (Å²) in [4.78, 5) is 21.2. The van der Waals surface area contributed by atoms with Gasteiger partial charge in [0.1, 0.15) is 5.75 Å². The van der Waals surface area contributed by atoms with Crippen molar-refractivity contribution in [3.05, 3.63) is 71.2 Å². The summed E-state index contributed by atoms with van der Waals surface area (Å²) in [5, 5.41) is 3.10. The van der Waals surface area contributed by atoms with Gasteiger partial charge in [-0.05, 0) is 89.1 Å². The van der Waals surface area contributed by atoms with Crippen LogP contribution in [0.1, 0.15) is 52.9 Å². The van der Waals surface area contributed by atoms with Gasteiger partial charge in [0.05, 0.1) is 12.8 Å². The molecule has 7 nitrogen and oxygen atoms in total. The highest BCUT2D eigenvalue weighted by atomic mass is 16.5. The van der Waals surface area contributed by atoms with Gasteiger partial charge in [-0.3, -0.25) is 9.69 Å². The molecule has 1 aliphatic heterocycles. The van der Waals surface area contributed by atoms with Crippen LogP contribution in [0.3, 0.4) is 0 Å². The SMILES string of the molecule is Cc1c(OCCCCN(C)C)ccc(C(C)N2CC(CNC(=O)c3ccc(-c4cnco4)cc3)C2)c1C. The molecule has 0 saturated carbocycles. The van der Waals surface area contributed by atoms with Crippen LogP contribution in [0.5, 0.6) is 5.75 Å². The van der Waals surface area contributed by atoms with E-state index in [1.165, 1.54) is 23.1 Å². The number of hydrogen-bond acceptors (Lipinski definition) is 6. The van der Waals surface area contributed by atoms with Crippen LogP contribution < -0.4 is 10.1 Å². The number of unbranched alkanes of at least 4 members (excludes halogenated alkanes) is 1. The summed E-state index contributed by atoms with van der Waals surface area (Å²) in [5.74, 6) is 2.11. The number of oxazole rings is 1. The van der Waals surface area contributed by atoms with Gasteiger partial charge in [0.2, 0.25) is 0 Å². The Bertz CT molecular complexity index is 1150. The minimum absolute atomic E-state index is 0.0422. The predicted octanol–water partition coefficient (Wildman–Crippen LogP) is 5.10. The van der Waals surface area contributed by atoms with Crippen LogP contribution in [-0.2, 0) is 0 Å². The second-order valence-electron chi connectivity index (χ2n) is 10.4. The largest absolute Gasteiger partial charge is 0.493 e. The maximum absolute atomic E-state index is 12.6. The number of amides is 1. The third kappa shape index (κ3) is 6.79. The van der Waals surface area contributed by atoms with E-state index < -0.39 is 0 Å². The van der Waals surface area contributed by atoms with Crippen LogP contribution in [0.15, 0.2) is 53.4 Å². The lowest BCUT2D eigenvalue weighted by molar-refractivity contribution is 0.0569. The first-order valence-electron chi connectivity index (χ1n) is 13.2. The van der Waals surface area contributed by atoms with Gasteiger partial charge in [-0.1, -0.05) is 18.2 Å². The van der Waals surface area contributed by atoms with Crippen LogP contribution in [0.2, 0.25) is 0 Å². The Morgan fingerprint density at radius 1 is 1.14 bits per heavy atom. The van der Waals surface area contributed by atoms with E-state index in [9.17, 15) is 4.79 Å². The molecule has 0 bridgehead atoms. The van der Waals surface area contributed by atoms with Crippen molar-refractivity contribution in [2.24, 2.45) is 5.92 Å². The lowest BCUT2D eigenvalue weighted by Gasteiger charge is -2.44. The summed E-state index contributed by atoms with van der Waals surface area (Å²) in [5.41, 5.74) is 5.45. The van der Waals surface area contributed by atoms with E-state index in [1.54, 1.807) is 6.20 Å². The number of aromatic nitrogens is 1. The first-order chi connectivity index (χ1) is 17.8. The molecule has 37 heavy (non-hydrogen) atoms.